The van der Waals surface area contributed by atoms with E-state index >= 15 is 0 Å². The highest BCUT2D eigenvalue weighted by Gasteiger charge is 2.42. The Bertz CT molecular complexity index is 498. The molecule has 2 rings (SSSR count). The van der Waals surface area contributed by atoms with Crippen LogP contribution >= 0.6 is 0 Å². The van der Waals surface area contributed by atoms with Crippen molar-refractivity contribution in [2.45, 2.75) is 52.1 Å². The molecule has 0 heterocycles. The van der Waals surface area contributed by atoms with Crippen molar-refractivity contribution in [2.24, 2.45) is 11.3 Å². The molecule has 1 saturated carbocycles. The van der Waals surface area contributed by atoms with Gasteiger partial charge in [0.05, 0.1) is 24.2 Å². The lowest BCUT2D eigenvalue weighted by molar-refractivity contribution is 0.0241. The fraction of sp³-hybridized carbons (Fsp3) is 0.611. The molecule has 1 N–H and O–H groups in total. The first kappa shape index (κ1) is 15.9. The van der Waals surface area contributed by atoms with Gasteiger partial charge in [0.25, 0.3) is 0 Å². The van der Waals surface area contributed by atoms with Crippen LogP contribution in [0.25, 0.3) is 0 Å². The van der Waals surface area contributed by atoms with Gasteiger partial charge in [0.15, 0.2) is 0 Å². The van der Waals surface area contributed by atoms with Crippen molar-refractivity contribution in [3.63, 3.8) is 0 Å². The molecule has 1 fully saturated rings. The lowest BCUT2D eigenvalue weighted by Crippen LogP contribution is -2.32. The molecule has 0 spiro atoms. The van der Waals surface area contributed by atoms with Crippen LogP contribution in [0.4, 0.5) is 0 Å². The second kappa shape index (κ2) is 6.95. The molecule has 0 aromatic heterocycles. The summed E-state index contributed by atoms with van der Waals surface area (Å²) in [5.74, 6) is 1.46. The number of aliphatic hydroxyl groups is 1. The zero-order chi connectivity index (χ0) is 15.3. The van der Waals surface area contributed by atoms with Crippen molar-refractivity contribution >= 4 is 0 Å². The van der Waals surface area contributed by atoms with Crippen LogP contribution in [0, 0.1) is 22.7 Å². The molecule has 0 aliphatic heterocycles. The van der Waals surface area contributed by atoms with E-state index in [2.05, 4.69) is 13.0 Å². The summed E-state index contributed by atoms with van der Waals surface area (Å²) in [6.45, 7) is 4.74. The molecule has 0 amide bonds. The molecule has 114 valence electrons. The van der Waals surface area contributed by atoms with E-state index in [0.717, 1.165) is 43.4 Å². The van der Waals surface area contributed by atoms with Crippen LogP contribution in [0.1, 0.15) is 57.6 Å². The zero-order valence-electron chi connectivity index (χ0n) is 13.0. The van der Waals surface area contributed by atoms with Gasteiger partial charge >= 0.3 is 0 Å². The summed E-state index contributed by atoms with van der Waals surface area (Å²) in [4.78, 5) is 0. The fourth-order valence-electron chi connectivity index (χ4n) is 3.31. The van der Waals surface area contributed by atoms with Crippen LogP contribution in [0.3, 0.4) is 0 Å². The van der Waals surface area contributed by atoms with Gasteiger partial charge in [0.2, 0.25) is 0 Å². The second-order valence-corrected chi connectivity index (χ2v) is 6.03. The summed E-state index contributed by atoms with van der Waals surface area (Å²) in [5.41, 5.74) is 0.147. The molecule has 0 bridgehead atoms. The first-order chi connectivity index (χ1) is 10.1. The Morgan fingerprint density at radius 1 is 1.38 bits per heavy atom. The van der Waals surface area contributed by atoms with E-state index in [1.807, 2.05) is 31.2 Å². The van der Waals surface area contributed by atoms with Crippen LogP contribution in [0.15, 0.2) is 24.3 Å². The molecule has 3 heteroatoms. The first-order valence-electron chi connectivity index (χ1n) is 7.97. The second-order valence-electron chi connectivity index (χ2n) is 6.03. The molecule has 1 aromatic carbocycles. The van der Waals surface area contributed by atoms with Gasteiger partial charge in [-0.2, -0.15) is 5.26 Å². The van der Waals surface area contributed by atoms with Gasteiger partial charge in [-0.05, 0) is 56.2 Å². The predicted molar refractivity (Wildman–Crippen MR) is 82.9 cm³/mol. The molecule has 3 nitrogen and oxygen atoms in total. The molecule has 1 aliphatic rings. The Kier molecular flexibility index (Phi) is 5.25. The highest BCUT2D eigenvalue weighted by molar-refractivity contribution is 5.32. The van der Waals surface area contributed by atoms with Gasteiger partial charge in [-0.3, -0.25) is 0 Å². The van der Waals surface area contributed by atoms with E-state index in [1.165, 1.54) is 0 Å². The first-order valence-corrected chi connectivity index (χ1v) is 7.97. The maximum Gasteiger partial charge on any atom is 0.119 e. The monoisotopic (exact) mass is 287 g/mol. The van der Waals surface area contributed by atoms with Gasteiger partial charge < -0.3 is 9.84 Å². The third kappa shape index (κ3) is 3.39. The number of hydrogen-bond donors (Lipinski definition) is 1. The van der Waals surface area contributed by atoms with Crippen molar-refractivity contribution < 1.29 is 9.84 Å². The smallest absolute Gasteiger partial charge is 0.119 e. The van der Waals surface area contributed by atoms with Crippen molar-refractivity contribution in [3.8, 4) is 11.8 Å². The third-order valence-corrected chi connectivity index (χ3v) is 4.81. The standard InChI is InChI=1S/C18H25NO2/c1-3-14-8-10-18(13-19,11-9-14)17(20)15-6-5-7-16(12-15)21-4-2/h5-7,12,14,17,20H,3-4,8-11H2,1-2H3. The maximum absolute atomic E-state index is 10.8. The number of nitriles is 1. The maximum atomic E-state index is 10.8. The minimum absolute atomic E-state index is 0.598. The molecule has 0 saturated heterocycles. The van der Waals surface area contributed by atoms with Crippen LogP contribution in [0.2, 0.25) is 0 Å². The quantitative estimate of drug-likeness (QED) is 0.881. The Hall–Kier alpha value is -1.53. The Morgan fingerprint density at radius 3 is 2.67 bits per heavy atom. The number of nitrogens with zero attached hydrogens (tertiary/aromatic N) is 1. The van der Waals surface area contributed by atoms with Crippen molar-refractivity contribution in [1.82, 2.24) is 0 Å². The molecule has 1 unspecified atom stereocenters. The van der Waals surface area contributed by atoms with E-state index in [0.29, 0.717) is 12.5 Å². The molecular weight excluding hydrogens is 262 g/mol. The zero-order valence-corrected chi connectivity index (χ0v) is 13.0. The molecule has 0 radical (unpaired) electrons. The number of benzene rings is 1. The highest BCUT2D eigenvalue weighted by Crippen LogP contribution is 2.48. The molecular formula is C18H25NO2. The summed E-state index contributed by atoms with van der Waals surface area (Å²) in [6.07, 6.45) is 4.06. The van der Waals surface area contributed by atoms with E-state index in [-0.39, 0.29) is 0 Å². The van der Waals surface area contributed by atoms with Gasteiger partial charge in [-0.25, -0.2) is 0 Å². The molecule has 1 aromatic rings. The number of hydrogen-bond acceptors (Lipinski definition) is 3. The lowest BCUT2D eigenvalue weighted by atomic mass is 9.66. The highest BCUT2D eigenvalue weighted by atomic mass is 16.5. The van der Waals surface area contributed by atoms with Gasteiger partial charge in [0, 0.05) is 0 Å². The van der Waals surface area contributed by atoms with E-state index < -0.39 is 11.5 Å². The Labute approximate surface area is 127 Å². The third-order valence-electron chi connectivity index (χ3n) is 4.81. The molecule has 1 aliphatic carbocycles. The molecule has 21 heavy (non-hydrogen) atoms. The number of aliphatic hydroxyl groups excluding tert-OH is 1. The van der Waals surface area contributed by atoms with Crippen molar-refractivity contribution in [1.29, 1.82) is 5.26 Å². The van der Waals surface area contributed by atoms with Crippen LogP contribution in [-0.4, -0.2) is 11.7 Å². The average molecular weight is 287 g/mol. The normalized spacial score (nSPS) is 26.9. The Balaban J connectivity index is 2.19. The largest absolute Gasteiger partial charge is 0.494 e. The predicted octanol–water partition coefficient (Wildman–Crippen LogP) is 4.23. The summed E-state index contributed by atoms with van der Waals surface area (Å²) in [6, 6.07) is 9.93. The lowest BCUT2D eigenvalue weighted by Gasteiger charge is -2.38. The van der Waals surface area contributed by atoms with Gasteiger partial charge in [-0.15, -0.1) is 0 Å². The minimum Gasteiger partial charge on any atom is -0.494 e. The summed E-state index contributed by atoms with van der Waals surface area (Å²) < 4.78 is 5.49. The van der Waals surface area contributed by atoms with Crippen LogP contribution < -0.4 is 4.74 Å². The summed E-state index contributed by atoms with van der Waals surface area (Å²) in [7, 11) is 0. The van der Waals surface area contributed by atoms with Crippen LogP contribution in [-0.2, 0) is 0 Å². The molecule has 1 atom stereocenters. The average Bonchev–Trinajstić information content (AvgIpc) is 2.55. The summed E-state index contributed by atoms with van der Waals surface area (Å²) in [5, 5.41) is 20.4. The fourth-order valence-corrected chi connectivity index (χ4v) is 3.31. The number of ether oxygens (including phenoxy) is 1. The van der Waals surface area contributed by atoms with Gasteiger partial charge in [-0.1, -0.05) is 25.5 Å². The SMILES string of the molecule is CCOc1cccc(C(O)C2(C#N)CCC(CC)CC2)c1. The van der Waals surface area contributed by atoms with Crippen molar-refractivity contribution in [2.75, 3.05) is 6.61 Å². The number of rotatable bonds is 5. The topological polar surface area (TPSA) is 53.2 Å². The van der Waals surface area contributed by atoms with Gasteiger partial charge in [0.1, 0.15) is 5.75 Å². The summed E-state index contributed by atoms with van der Waals surface area (Å²) >= 11 is 0. The minimum atomic E-state index is -0.735. The van der Waals surface area contributed by atoms with E-state index in [4.69, 9.17) is 4.74 Å². The van der Waals surface area contributed by atoms with E-state index in [9.17, 15) is 10.4 Å². The van der Waals surface area contributed by atoms with E-state index in [1.54, 1.807) is 0 Å². The van der Waals surface area contributed by atoms with Crippen molar-refractivity contribution in [3.05, 3.63) is 29.8 Å². The Morgan fingerprint density at radius 2 is 2.10 bits per heavy atom. The van der Waals surface area contributed by atoms with Crippen LogP contribution in [0.5, 0.6) is 5.75 Å².